The van der Waals surface area contributed by atoms with Crippen LogP contribution in [-0.2, 0) is 19.1 Å². The average Bonchev–Trinajstić information content (AvgIpc) is 3.12. The lowest BCUT2D eigenvalue weighted by atomic mass is 9.42. The van der Waals surface area contributed by atoms with Gasteiger partial charge in [-0.15, -0.1) is 0 Å². The zero-order valence-electron chi connectivity index (χ0n) is 23.6. The molecule has 5 rings (SSSR count). The molecule has 0 heterocycles. The average molecular weight is 541 g/mol. The third kappa shape index (κ3) is 4.36. The van der Waals surface area contributed by atoms with Crippen LogP contribution in [0.1, 0.15) is 84.6 Å². The molecule has 7 nitrogen and oxygen atoms in total. The lowest BCUT2D eigenvalue weighted by Gasteiger charge is -2.66. The van der Waals surface area contributed by atoms with Crippen LogP contribution in [0.25, 0.3) is 6.08 Å². The van der Waals surface area contributed by atoms with Gasteiger partial charge >= 0.3 is 11.9 Å². The van der Waals surface area contributed by atoms with E-state index in [0.29, 0.717) is 18.8 Å². The first-order valence-electron chi connectivity index (χ1n) is 14.6. The van der Waals surface area contributed by atoms with Crippen LogP contribution in [-0.4, -0.2) is 56.8 Å². The van der Waals surface area contributed by atoms with Crippen molar-refractivity contribution in [3.8, 4) is 0 Å². The minimum atomic E-state index is -1.58. The highest BCUT2D eigenvalue weighted by atomic mass is 16.6. The van der Waals surface area contributed by atoms with Gasteiger partial charge < -0.3 is 24.8 Å². The van der Waals surface area contributed by atoms with Crippen molar-refractivity contribution in [2.45, 2.75) is 109 Å². The second-order valence-corrected chi connectivity index (χ2v) is 13.1. The van der Waals surface area contributed by atoms with Crippen molar-refractivity contribution in [3.63, 3.8) is 0 Å². The van der Waals surface area contributed by atoms with E-state index >= 15 is 0 Å². The predicted octanol–water partition coefficient (Wildman–Crippen LogP) is 4.42. The maximum atomic E-state index is 13.3. The van der Waals surface area contributed by atoms with Crippen LogP contribution in [0.2, 0.25) is 0 Å². The highest BCUT2D eigenvalue weighted by Gasteiger charge is 2.77. The van der Waals surface area contributed by atoms with Crippen molar-refractivity contribution in [2.24, 2.45) is 28.6 Å². The second-order valence-electron chi connectivity index (χ2n) is 13.1. The Morgan fingerprint density at radius 1 is 1.00 bits per heavy atom. The van der Waals surface area contributed by atoms with Crippen molar-refractivity contribution in [2.75, 3.05) is 0 Å². The highest BCUT2D eigenvalue weighted by molar-refractivity contribution is 5.87. The Morgan fingerprint density at radius 2 is 1.72 bits per heavy atom. The molecule has 4 aliphatic carbocycles. The number of ether oxygens (including phenoxy) is 2. The standard InChI is InChI=1S/C32H44O7/c1-20(38-21(2)33)31(36)16-17-32(37)25-12-11-23-18-24(34)14-15-29(23,3)26(25)19-27(30(31,32)4)39-28(35)13-10-22-8-6-5-7-9-22/h5-10,13,20,23-27,34,36-37H,11-12,14-19H2,1-4H3. The van der Waals surface area contributed by atoms with Gasteiger partial charge in [0.1, 0.15) is 17.8 Å². The van der Waals surface area contributed by atoms with Crippen LogP contribution in [0, 0.1) is 28.6 Å². The zero-order chi connectivity index (χ0) is 28.2. The molecule has 4 fully saturated rings. The van der Waals surface area contributed by atoms with Crippen molar-refractivity contribution < 1.29 is 34.4 Å². The molecular weight excluding hydrogens is 496 g/mol. The summed E-state index contributed by atoms with van der Waals surface area (Å²) in [7, 11) is 0. The zero-order valence-corrected chi connectivity index (χ0v) is 23.6. The van der Waals surface area contributed by atoms with Gasteiger partial charge in [-0.2, -0.15) is 0 Å². The molecule has 214 valence electrons. The molecule has 0 amide bonds. The van der Waals surface area contributed by atoms with Crippen molar-refractivity contribution >= 4 is 18.0 Å². The van der Waals surface area contributed by atoms with E-state index in [1.807, 2.05) is 37.3 Å². The van der Waals surface area contributed by atoms with Crippen LogP contribution in [0.15, 0.2) is 36.4 Å². The minimum Gasteiger partial charge on any atom is -0.460 e. The largest absolute Gasteiger partial charge is 0.460 e. The van der Waals surface area contributed by atoms with E-state index < -0.39 is 40.8 Å². The van der Waals surface area contributed by atoms with Crippen molar-refractivity contribution in [1.82, 2.24) is 0 Å². The van der Waals surface area contributed by atoms with E-state index in [-0.39, 0.29) is 29.8 Å². The second kappa shape index (κ2) is 10.0. The molecule has 0 saturated heterocycles. The number of aliphatic hydroxyl groups excluding tert-OH is 1. The Balaban J connectivity index is 1.53. The number of hydrogen-bond donors (Lipinski definition) is 3. The number of benzene rings is 1. The summed E-state index contributed by atoms with van der Waals surface area (Å²) in [5, 5.41) is 35.4. The number of fused-ring (bicyclic) bond motifs is 5. The molecule has 0 radical (unpaired) electrons. The fraction of sp³-hybridized carbons (Fsp3) is 0.688. The summed E-state index contributed by atoms with van der Waals surface area (Å²) < 4.78 is 11.7. The van der Waals surface area contributed by atoms with Gasteiger partial charge in [-0.25, -0.2) is 4.79 Å². The maximum Gasteiger partial charge on any atom is 0.331 e. The van der Waals surface area contributed by atoms with Crippen LogP contribution < -0.4 is 0 Å². The van der Waals surface area contributed by atoms with Gasteiger partial charge in [-0.3, -0.25) is 4.79 Å². The van der Waals surface area contributed by atoms with Gasteiger partial charge in [0.2, 0.25) is 0 Å². The van der Waals surface area contributed by atoms with E-state index in [1.54, 1.807) is 13.0 Å². The van der Waals surface area contributed by atoms with Gasteiger partial charge in [0.15, 0.2) is 0 Å². The summed E-state index contributed by atoms with van der Waals surface area (Å²) in [5.74, 6) is -0.713. The Labute approximate surface area is 231 Å². The first-order chi connectivity index (χ1) is 18.3. The Bertz CT molecular complexity index is 1120. The third-order valence-corrected chi connectivity index (χ3v) is 11.6. The first kappa shape index (κ1) is 28.3. The molecule has 0 spiro atoms. The molecule has 10 atom stereocenters. The van der Waals surface area contributed by atoms with Gasteiger partial charge in [0, 0.05) is 13.0 Å². The van der Waals surface area contributed by atoms with Crippen LogP contribution in [0.3, 0.4) is 0 Å². The number of carbonyl (C=O) groups excluding carboxylic acids is 2. The number of rotatable bonds is 5. The third-order valence-electron chi connectivity index (χ3n) is 11.6. The summed E-state index contributed by atoms with van der Waals surface area (Å²) in [5.41, 5.74) is -3.37. The SMILES string of the molecule is CC(=O)OC(C)C1(O)CCC2(O)C3CCC4CC(O)CCC4(C)C3CC(OC(=O)C=Cc3ccccc3)C12C. The quantitative estimate of drug-likeness (QED) is 0.374. The van der Waals surface area contributed by atoms with Gasteiger partial charge in [0.05, 0.1) is 17.1 Å². The molecule has 1 aromatic carbocycles. The van der Waals surface area contributed by atoms with Gasteiger partial charge in [-0.1, -0.05) is 44.2 Å². The van der Waals surface area contributed by atoms with E-state index in [2.05, 4.69) is 6.92 Å². The Kier molecular flexibility index (Phi) is 7.26. The molecule has 0 aliphatic heterocycles. The van der Waals surface area contributed by atoms with Crippen LogP contribution >= 0.6 is 0 Å². The maximum absolute atomic E-state index is 13.3. The normalized spacial score (nSPS) is 44.1. The number of esters is 2. The number of carbonyl (C=O) groups is 2. The minimum absolute atomic E-state index is 0.0732. The summed E-state index contributed by atoms with van der Waals surface area (Å²) in [6, 6.07) is 9.48. The first-order valence-corrected chi connectivity index (χ1v) is 14.6. The molecule has 10 unspecified atom stereocenters. The highest BCUT2D eigenvalue weighted by Crippen LogP contribution is 2.71. The van der Waals surface area contributed by atoms with Crippen molar-refractivity contribution in [1.29, 1.82) is 0 Å². The predicted molar refractivity (Wildman–Crippen MR) is 146 cm³/mol. The summed E-state index contributed by atoms with van der Waals surface area (Å²) in [4.78, 5) is 25.2. The van der Waals surface area contributed by atoms with E-state index in [9.17, 15) is 24.9 Å². The molecule has 39 heavy (non-hydrogen) atoms. The molecule has 0 aromatic heterocycles. The monoisotopic (exact) mass is 540 g/mol. The molecule has 4 aliphatic rings. The molecule has 0 bridgehead atoms. The van der Waals surface area contributed by atoms with E-state index in [0.717, 1.165) is 37.7 Å². The fourth-order valence-corrected chi connectivity index (χ4v) is 9.30. The lowest BCUT2D eigenvalue weighted by molar-refractivity contribution is -0.290. The topological polar surface area (TPSA) is 113 Å². The summed E-state index contributed by atoms with van der Waals surface area (Å²) in [6.45, 7) is 7.09. The lowest BCUT2D eigenvalue weighted by Crippen LogP contribution is -2.72. The summed E-state index contributed by atoms with van der Waals surface area (Å²) >= 11 is 0. The van der Waals surface area contributed by atoms with Gasteiger partial charge in [-0.05, 0) is 93.1 Å². The number of aliphatic hydroxyl groups is 3. The Hall–Kier alpha value is -2.22. The fourth-order valence-electron chi connectivity index (χ4n) is 9.30. The van der Waals surface area contributed by atoms with Crippen molar-refractivity contribution in [3.05, 3.63) is 42.0 Å². The number of hydrogen-bond acceptors (Lipinski definition) is 7. The molecule has 4 saturated carbocycles. The molecule has 7 heteroatoms. The molecule has 3 N–H and O–H groups in total. The Morgan fingerprint density at radius 3 is 2.41 bits per heavy atom. The smallest absolute Gasteiger partial charge is 0.331 e. The van der Waals surface area contributed by atoms with Crippen LogP contribution in [0.4, 0.5) is 0 Å². The van der Waals surface area contributed by atoms with Gasteiger partial charge in [0.25, 0.3) is 0 Å². The molecule has 1 aromatic rings. The summed E-state index contributed by atoms with van der Waals surface area (Å²) in [6.07, 6.45) is 6.25. The van der Waals surface area contributed by atoms with Crippen LogP contribution in [0.5, 0.6) is 0 Å². The molecular formula is C32H44O7. The van der Waals surface area contributed by atoms with E-state index in [4.69, 9.17) is 9.47 Å². The van der Waals surface area contributed by atoms with E-state index in [1.165, 1.54) is 13.0 Å².